The van der Waals surface area contributed by atoms with Crippen LogP contribution in [0.5, 0.6) is 5.75 Å². The maximum absolute atomic E-state index is 13.3. The fourth-order valence-corrected chi connectivity index (χ4v) is 5.15. The Hall–Kier alpha value is -3.46. The lowest BCUT2D eigenvalue weighted by Gasteiger charge is -2.32. The third-order valence-corrected chi connectivity index (χ3v) is 7.20. The molecule has 9 heteroatoms. The second kappa shape index (κ2) is 9.42. The van der Waals surface area contributed by atoms with E-state index in [9.17, 15) is 9.18 Å². The lowest BCUT2D eigenvalue weighted by molar-refractivity contribution is -0.128. The highest BCUT2D eigenvalue weighted by Gasteiger charge is 2.26. The summed E-state index contributed by atoms with van der Waals surface area (Å²) in [6, 6.07) is 15.7. The summed E-state index contributed by atoms with van der Waals surface area (Å²) in [4.78, 5) is 19.7. The van der Waals surface area contributed by atoms with E-state index in [0.717, 1.165) is 52.8 Å². The number of carbonyl (C=O) groups is 1. The number of para-hydroxylation sites is 1. The number of halogens is 1. The summed E-state index contributed by atoms with van der Waals surface area (Å²) in [6.07, 6.45) is 1.12. The van der Waals surface area contributed by atoms with E-state index in [1.165, 1.54) is 12.1 Å². The molecule has 3 heterocycles. The summed E-state index contributed by atoms with van der Waals surface area (Å²) in [6.45, 7) is 5.34. The van der Waals surface area contributed by atoms with Crippen LogP contribution in [0.1, 0.15) is 25.5 Å². The van der Waals surface area contributed by atoms with Crippen LogP contribution in [-0.2, 0) is 4.79 Å². The summed E-state index contributed by atoms with van der Waals surface area (Å²) >= 11 is 1.62. The zero-order valence-corrected chi connectivity index (χ0v) is 19.9. The SMILES string of the molecule is Cc1nn(-c2ccc(F)cc2)c2nc(N3CCC(NC(=O)[C@H](C)Oc4ccccc4)CC3)sc12. The number of hydrogen-bond acceptors (Lipinski definition) is 6. The van der Waals surface area contributed by atoms with E-state index in [4.69, 9.17) is 9.72 Å². The van der Waals surface area contributed by atoms with Crippen molar-refractivity contribution in [2.45, 2.75) is 38.8 Å². The fraction of sp³-hybridized carbons (Fsp3) is 0.320. The van der Waals surface area contributed by atoms with Crippen molar-refractivity contribution in [3.63, 3.8) is 0 Å². The maximum atomic E-state index is 13.3. The number of carbonyl (C=O) groups excluding carboxylic acids is 1. The number of aromatic nitrogens is 3. The zero-order valence-electron chi connectivity index (χ0n) is 19.1. The van der Waals surface area contributed by atoms with Crippen LogP contribution < -0.4 is 15.0 Å². The Labute approximate surface area is 201 Å². The first-order chi connectivity index (χ1) is 16.5. The molecule has 1 aliphatic rings. The van der Waals surface area contributed by atoms with Crippen LogP contribution in [0.15, 0.2) is 54.6 Å². The van der Waals surface area contributed by atoms with Crippen LogP contribution in [0.3, 0.4) is 0 Å². The Morgan fingerprint density at radius 1 is 1.15 bits per heavy atom. The maximum Gasteiger partial charge on any atom is 0.260 e. The molecule has 1 amide bonds. The molecule has 0 aliphatic carbocycles. The summed E-state index contributed by atoms with van der Waals surface area (Å²) < 4.78 is 21.9. The number of piperidine rings is 1. The van der Waals surface area contributed by atoms with Gasteiger partial charge in [-0.05, 0) is 63.1 Å². The van der Waals surface area contributed by atoms with E-state index in [-0.39, 0.29) is 17.8 Å². The number of rotatable bonds is 6. The van der Waals surface area contributed by atoms with Gasteiger partial charge in [-0.2, -0.15) is 10.1 Å². The van der Waals surface area contributed by atoms with Crippen molar-refractivity contribution in [1.29, 1.82) is 0 Å². The first-order valence-electron chi connectivity index (χ1n) is 11.4. The number of nitrogens with one attached hydrogen (secondary N) is 1. The third-order valence-electron chi connectivity index (χ3n) is 5.99. The summed E-state index contributed by atoms with van der Waals surface area (Å²) in [7, 11) is 0. The van der Waals surface area contributed by atoms with Crippen molar-refractivity contribution in [3.05, 3.63) is 66.1 Å². The van der Waals surface area contributed by atoms with Gasteiger partial charge in [-0.3, -0.25) is 4.79 Å². The number of anilines is 1. The summed E-state index contributed by atoms with van der Waals surface area (Å²) in [5, 5.41) is 8.66. The van der Waals surface area contributed by atoms with Gasteiger partial charge in [0, 0.05) is 19.1 Å². The van der Waals surface area contributed by atoms with Crippen LogP contribution in [-0.4, -0.2) is 45.9 Å². The van der Waals surface area contributed by atoms with Crippen LogP contribution in [0.25, 0.3) is 16.0 Å². The number of aryl methyl sites for hydroxylation is 1. The molecule has 1 saturated heterocycles. The zero-order chi connectivity index (χ0) is 23.7. The molecule has 4 aromatic rings. The van der Waals surface area contributed by atoms with Crippen molar-refractivity contribution in [2.75, 3.05) is 18.0 Å². The minimum Gasteiger partial charge on any atom is -0.481 e. The highest BCUT2D eigenvalue weighted by atomic mass is 32.1. The van der Waals surface area contributed by atoms with E-state index >= 15 is 0 Å². The van der Waals surface area contributed by atoms with E-state index in [2.05, 4.69) is 15.3 Å². The second-order valence-electron chi connectivity index (χ2n) is 8.47. The van der Waals surface area contributed by atoms with Gasteiger partial charge in [-0.15, -0.1) is 0 Å². The fourth-order valence-electron chi connectivity index (χ4n) is 4.11. The van der Waals surface area contributed by atoms with E-state index < -0.39 is 6.10 Å². The number of fused-ring (bicyclic) bond motifs is 1. The molecule has 34 heavy (non-hydrogen) atoms. The number of benzene rings is 2. The molecular formula is C25H26FN5O2S. The van der Waals surface area contributed by atoms with Crippen molar-refractivity contribution >= 4 is 32.7 Å². The highest BCUT2D eigenvalue weighted by molar-refractivity contribution is 7.22. The molecule has 7 nitrogen and oxygen atoms in total. The lowest BCUT2D eigenvalue weighted by atomic mass is 10.1. The topological polar surface area (TPSA) is 72.3 Å². The van der Waals surface area contributed by atoms with Gasteiger partial charge in [-0.1, -0.05) is 29.5 Å². The predicted octanol–water partition coefficient (Wildman–Crippen LogP) is 4.48. The Morgan fingerprint density at radius 2 is 1.85 bits per heavy atom. The average Bonchev–Trinajstić information content (AvgIpc) is 3.41. The Kier molecular flexibility index (Phi) is 6.19. The lowest BCUT2D eigenvalue weighted by Crippen LogP contribution is -2.48. The quantitative estimate of drug-likeness (QED) is 0.441. The highest BCUT2D eigenvalue weighted by Crippen LogP contribution is 2.33. The van der Waals surface area contributed by atoms with Gasteiger partial charge in [-0.25, -0.2) is 9.07 Å². The minimum absolute atomic E-state index is 0.0997. The predicted molar refractivity (Wildman–Crippen MR) is 131 cm³/mol. The smallest absolute Gasteiger partial charge is 0.260 e. The number of nitrogens with zero attached hydrogens (tertiary/aromatic N) is 4. The number of hydrogen-bond donors (Lipinski definition) is 1. The summed E-state index contributed by atoms with van der Waals surface area (Å²) in [5.41, 5.74) is 2.47. The van der Waals surface area contributed by atoms with Gasteiger partial charge in [0.15, 0.2) is 16.9 Å². The summed E-state index contributed by atoms with van der Waals surface area (Å²) in [5.74, 6) is 0.307. The molecule has 0 bridgehead atoms. The first-order valence-corrected chi connectivity index (χ1v) is 12.2. The Balaban J connectivity index is 1.21. The van der Waals surface area contributed by atoms with Gasteiger partial charge in [0.2, 0.25) is 0 Å². The second-order valence-corrected chi connectivity index (χ2v) is 9.44. The van der Waals surface area contributed by atoms with Crippen LogP contribution in [0.2, 0.25) is 0 Å². The van der Waals surface area contributed by atoms with Crippen molar-refractivity contribution in [2.24, 2.45) is 0 Å². The van der Waals surface area contributed by atoms with Crippen LogP contribution in [0.4, 0.5) is 9.52 Å². The Morgan fingerprint density at radius 3 is 2.56 bits per heavy atom. The molecule has 1 atom stereocenters. The molecule has 0 unspecified atom stereocenters. The molecule has 1 aliphatic heterocycles. The van der Waals surface area contributed by atoms with Crippen molar-refractivity contribution < 1.29 is 13.9 Å². The van der Waals surface area contributed by atoms with Gasteiger partial charge in [0.05, 0.1) is 16.1 Å². The molecule has 1 fully saturated rings. The van der Waals surface area contributed by atoms with Crippen LogP contribution >= 0.6 is 11.3 Å². The molecule has 0 radical (unpaired) electrons. The third kappa shape index (κ3) is 4.61. The molecule has 2 aromatic heterocycles. The minimum atomic E-state index is -0.554. The molecule has 5 rings (SSSR count). The number of ether oxygens (including phenoxy) is 1. The standard InChI is InChI=1S/C25H26FN5O2S/c1-16-22-23(31(29-16)20-10-8-18(26)9-11-20)28-25(34-22)30-14-12-19(13-15-30)27-24(32)17(2)33-21-6-4-3-5-7-21/h3-11,17,19H,12-15H2,1-2H3,(H,27,32)/t17-/m0/s1. The van der Waals surface area contributed by atoms with Gasteiger partial charge < -0.3 is 15.0 Å². The number of amides is 1. The van der Waals surface area contributed by atoms with Crippen molar-refractivity contribution in [3.8, 4) is 11.4 Å². The molecule has 176 valence electrons. The van der Waals surface area contributed by atoms with E-state index in [1.807, 2.05) is 37.3 Å². The molecule has 0 saturated carbocycles. The van der Waals surface area contributed by atoms with Gasteiger partial charge >= 0.3 is 0 Å². The molecular weight excluding hydrogens is 453 g/mol. The Bertz CT molecular complexity index is 1280. The van der Waals surface area contributed by atoms with Crippen LogP contribution in [0, 0.1) is 12.7 Å². The normalized spacial score (nSPS) is 15.4. The van der Waals surface area contributed by atoms with E-state index in [0.29, 0.717) is 5.75 Å². The monoisotopic (exact) mass is 479 g/mol. The largest absolute Gasteiger partial charge is 0.481 e. The van der Waals surface area contributed by atoms with Gasteiger partial charge in [0.25, 0.3) is 5.91 Å². The molecule has 2 aromatic carbocycles. The first kappa shape index (κ1) is 22.3. The van der Waals surface area contributed by atoms with E-state index in [1.54, 1.807) is 35.1 Å². The van der Waals surface area contributed by atoms with Gasteiger partial charge in [0.1, 0.15) is 11.6 Å². The average molecular weight is 480 g/mol. The van der Waals surface area contributed by atoms with Crippen molar-refractivity contribution in [1.82, 2.24) is 20.1 Å². The number of thiazole rings is 1. The molecule has 1 N–H and O–H groups in total. The molecule has 0 spiro atoms.